The summed E-state index contributed by atoms with van der Waals surface area (Å²) in [5.41, 5.74) is 4.91. The quantitative estimate of drug-likeness (QED) is 0.475. The number of hydrogen-bond acceptors (Lipinski definition) is 3. The Morgan fingerprint density at radius 1 is 1.03 bits per heavy atom. The van der Waals surface area contributed by atoms with Crippen LogP contribution < -0.4 is 10.2 Å². The zero-order chi connectivity index (χ0) is 22.5. The molecule has 1 aliphatic rings. The molecule has 1 heterocycles. The number of carbonyl (C=O) groups excluding carboxylic acids is 2. The molecule has 32 heavy (non-hydrogen) atoms. The fourth-order valence-electron chi connectivity index (χ4n) is 4.13. The predicted octanol–water partition coefficient (Wildman–Crippen LogP) is 6.16. The second-order valence-corrected chi connectivity index (χ2v) is 9.01. The van der Waals surface area contributed by atoms with Crippen LogP contribution in [0.5, 0.6) is 0 Å². The van der Waals surface area contributed by atoms with Crippen molar-refractivity contribution >= 4 is 35.0 Å². The molecule has 4 rings (SSSR count). The molecule has 3 aromatic carbocycles. The van der Waals surface area contributed by atoms with Gasteiger partial charge in [-0.05, 0) is 53.8 Å². The highest BCUT2D eigenvalue weighted by molar-refractivity contribution is 8.00. The van der Waals surface area contributed by atoms with Gasteiger partial charge in [0.15, 0.2) is 0 Å². The van der Waals surface area contributed by atoms with E-state index in [0.29, 0.717) is 5.75 Å². The molecule has 0 aliphatic carbocycles. The lowest BCUT2D eigenvalue weighted by molar-refractivity contribution is -0.118. The summed E-state index contributed by atoms with van der Waals surface area (Å²) in [6.07, 6.45) is 1.65. The van der Waals surface area contributed by atoms with E-state index in [1.165, 1.54) is 5.56 Å². The zero-order valence-electron chi connectivity index (χ0n) is 18.5. The highest BCUT2D eigenvalue weighted by Crippen LogP contribution is 2.42. The number of nitrogens with zero attached hydrogens (tertiary/aromatic N) is 1. The van der Waals surface area contributed by atoms with Crippen molar-refractivity contribution in [1.29, 1.82) is 0 Å². The van der Waals surface area contributed by atoms with E-state index < -0.39 is 0 Å². The van der Waals surface area contributed by atoms with Gasteiger partial charge < -0.3 is 5.32 Å². The third-order valence-corrected chi connectivity index (χ3v) is 7.04. The van der Waals surface area contributed by atoms with Gasteiger partial charge in [0, 0.05) is 11.4 Å². The first-order chi connectivity index (χ1) is 15.6. The average Bonchev–Trinajstić information content (AvgIpc) is 3.22. The minimum Gasteiger partial charge on any atom is -0.326 e. The minimum absolute atomic E-state index is 0.0153. The second-order valence-electron chi connectivity index (χ2n) is 7.94. The van der Waals surface area contributed by atoms with Crippen LogP contribution in [0.2, 0.25) is 0 Å². The smallest absolute Gasteiger partial charge is 0.238 e. The Morgan fingerprint density at radius 3 is 2.56 bits per heavy atom. The number of rotatable bonds is 7. The Kier molecular flexibility index (Phi) is 6.96. The molecule has 1 saturated heterocycles. The van der Waals surface area contributed by atoms with Crippen LogP contribution in [-0.2, 0) is 16.0 Å². The summed E-state index contributed by atoms with van der Waals surface area (Å²) in [6.45, 7) is 4.14. The lowest BCUT2D eigenvalue weighted by atomic mass is 9.95. The summed E-state index contributed by atoms with van der Waals surface area (Å²) in [7, 11) is 0. The summed E-state index contributed by atoms with van der Waals surface area (Å²) < 4.78 is 0. The highest BCUT2D eigenvalue weighted by Gasteiger charge is 2.34. The molecular weight excluding hydrogens is 416 g/mol. The van der Waals surface area contributed by atoms with Crippen LogP contribution in [0.1, 0.15) is 48.3 Å². The van der Waals surface area contributed by atoms with Gasteiger partial charge in [0.2, 0.25) is 11.8 Å². The van der Waals surface area contributed by atoms with Gasteiger partial charge in [0.05, 0.1) is 11.7 Å². The molecule has 1 N–H and O–H groups in total. The molecule has 3 aromatic rings. The molecule has 2 atom stereocenters. The van der Waals surface area contributed by atoms with Crippen molar-refractivity contribution in [3.05, 3.63) is 95.6 Å². The van der Waals surface area contributed by atoms with E-state index >= 15 is 0 Å². The number of amides is 2. The van der Waals surface area contributed by atoms with Gasteiger partial charge >= 0.3 is 0 Å². The first-order valence-electron chi connectivity index (χ1n) is 11.1. The Morgan fingerprint density at radius 2 is 1.81 bits per heavy atom. The van der Waals surface area contributed by atoms with E-state index in [-0.39, 0.29) is 23.1 Å². The molecule has 0 aromatic heterocycles. The van der Waals surface area contributed by atoms with E-state index in [4.69, 9.17) is 0 Å². The molecule has 164 valence electrons. The lowest BCUT2D eigenvalue weighted by Gasteiger charge is -2.25. The SMILES string of the molecule is CCc1cccc(N2C(=O)CSC2c2cccc(NC(=O)C(CC)c3ccccc3)c2)c1. The number of thioether (sulfide) groups is 1. The number of benzene rings is 3. The van der Waals surface area contributed by atoms with E-state index in [9.17, 15) is 9.59 Å². The summed E-state index contributed by atoms with van der Waals surface area (Å²) in [6, 6.07) is 25.9. The van der Waals surface area contributed by atoms with Crippen LogP contribution in [0.4, 0.5) is 11.4 Å². The minimum atomic E-state index is -0.199. The van der Waals surface area contributed by atoms with Crippen molar-refractivity contribution in [2.75, 3.05) is 16.0 Å². The number of nitrogens with one attached hydrogen (secondary N) is 1. The Hall–Kier alpha value is -3.05. The summed E-state index contributed by atoms with van der Waals surface area (Å²) in [5, 5.41) is 2.98. The average molecular weight is 445 g/mol. The molecule has 1 aliphatic heterocycles. The van der Waals surface area contributed by atoms with Crippen LogP contribution >= 0.6 is 11.8 Å². The maximum Gasteiger partial charge on any atom is 0.238 e. The number of aryl methyl sites for hydroxylation is 1. The Bertz CT molecular complexity index is 1100. The molecular formula is C27H28N2O2S. The Labute approximate surface area is 194 Å². The topological polar surface area (TPSA) is 49.4 Å². The van der Waals surface area contributed by atoms with Crippen LogP contribution in [0.15, 0.2) is 78.9 Å². The zero-order valence-corrected chi connectivity index (χ0v) is 19.3. The standard InChI is InChI=1S/C27H28N2O2S/c1-3-19-10-8-15-23(16-19)29-25(30)18-32-27(29)21-13-9-14-22(17-21)28-26(31)24(4-2)20-11-6-5-7-12-20/h5-17,24,27H,3-4,18H2,1-2H3,(H,28,31). The van der Waals surface area contributed by atoms with Gasteiger partial charge in [0.1, 0.15) is 5.37 Å². The molecule has 2 amide bonds. The van der Waals surface area contributed by atoms with Gasteiger partial charge in [0.25, 0.3) is 0 Å². The molecule has 0 bridgehead atoms. The van der Waals surface area contributed by atoms with Crippen molar-refractivity contribution in [2.24, 2.45) is 0 Å². The van der Waals surface area contributed by atoms with E-state index in [2.05, 4.69) is 24.4 Å². The third kappa shape index (κ3) is 4.73. The van der Waals surface area contributed by atoms with Crippen LogP contribution in [0.3, 0.4) is 0 Å². The highest BCUT2D eigenvalue weighted by atomic mass is 32.2. The summed E-state index contributed by atoms with van der Waals surface area (Å²) in [5.74, 6) is 0.343. The van der Waals surface area contributed by atoms with Crippen molar-refractivity contribution < 1.29 is 9.59 Å². The molecule has 0 spiro atoms. The number of carbonyl (C=O) groups is 2. The van der Waals surface area contributed by atoms with Gasteiger partial charge in [-0.2, -0.15) is 0 Å². The largest absolute Gasteiger partial charge is 0.326 e. The van der Waals surface area contributed by atoms with Gasteiger partial charge in [-0.1, -0.05) is 68.4 Å². The Balaban J connectivity index is 1.56. The van der Waals surface area contributed by atoms with E-state index in [1.54, 1.807) is 11.8 Å². The van der Waals surface area contributed by atoms with Crippen molar-refractivity contribution in [3.63, 3.8) is 0 Å². The molecule has 1 fully saturated rings. The number of hydrogen-bond donors (Lipinski definition) is 1. The summed E-state index contributed by atoms with van der Waals surface area (Å²) >= 11 is 1.62. The molecule has 0 radical (unpaired) electrons. The normalized spacial score (nSPS) is 16.8. The first kappa shape index (κ1) is 22.2. The fraction of sp³-hybridized carbons (Fsp3) is 0.259. The second kappa shape index (κ2) is 10.0. The fourth-order valence-corrected chi connectivity index (χ4v) is 5.30. The van der Waals surface area contributed by atoms with Crippen LogP contribution in [-0.4, -0.2) is 17.6 Å². The first-order valence-corrected chi connectivity index (χ1v) is 12.1. The maximum atomic E-state index is 13.0. The summed E-state index contributed by atoms with van der Waals surface area (Å²) in [4.78, 5) is 27.6. The van der Waals surface area contributed by atoms with Gasteiger partial charge in [-0.15, -0.1) is 11.8 Å². The molecule has 2 unspecified atom stereocenters. The van der Waals surface area contributed by atoms with Crippen molar-refractivity contribution in [3.8, 4) is 0 Å². The van der Waals surface area contributed by atoms with E-state index in [0.717, 1.165) is 35.3 Å². The van der Waals surface area contributed by atoms with Gasteiger partial charge in [-0.25, -0.2) is 0 Å². The van der Waals surface area contributed by atoms with Crippen molar-refractivity contribution in [2.45, 2.75) is 38.0 Å². The van der Waals surface area contributed by atoms with E-state index in [1.807, 2.05) is 78.6 Å². The number of anilines is 2. The third-order valence-electron chi connectivity index (χ3n) is 5.83. The van der Waals surface area contributed by atoms with Gasteiger partial charge in [-0.3, -0.25) is 14.5 Å². The van der Waals surface area contributed by atoms with Crippen molar-refractivity contribution in [1.82, 2.24) is 0 Å². The lowest BCUT2D eigenvalue weighted by Crippen LogP contribution is -2.28. The monoisotopic (exact) mass is 444 g/mol. The predicted molar refractivity (Wildman–Crippen MR) is 133 cm³/mol. The molecule has 5 heteroatoms. The van der Waals surface area contributed by atoms with Crippen LogP contribution in [0, 0.1) is 0 Å². The maximum absolute atomic E-state index is 13.0. The molecule has 4 nitrogen and oxygen atoms in total. The van der Waals surface area contributed by atoms with Crippen LogP contribution in [0.25, 0.3) is 0 Å². The molecule has 0 saturated carbocycles.